The largest absolute Gasteiger partial charge is 0.416 e. The van der Waals surface area contributed by atoms with Crippen LogP contribution in [0.4, 0.5) is 18.3 Å². The Morgan fingerprint density at radius 3 is 2.43 bits per heavy atom. The molecule has 28 heavy (non-hydrogen) atoms. The number of aromatic nitrogens is 1. The van der Waals surface area contributed by atoms with Crippen LogP contribution in [0.15, 0.2) is 60.8 Å². The minimum Gasteiger partial charge on any atom is -0.367 e. The number of halogens is 3. The van der Waals surface area contributed by atoms with E-state index in [0.717, 1.165) is 28.1 Å². The van der Waals surface area contributed by atoms with Crippen LogP contribution in [0.5, 0.6) is 0 Å². The molecule has 0 fully saturated rings. The Balaban J connectivity index is 1.47. The normalized spacial score (nSPS) is 11.4. The minimum absolute atomic E-state index is 0.0945. The highest BCUT2D eigenvalue weighted by molar-refractivity contribution is 7.15. The number of amides is 1. The number of carbonyl (C=O) groups is 1. The molecule has 0 radical (unpaired) electrons. The lowest BCUT2D eigenvalue weighted by Crippen LogP contribution is -2.18. The van der Waals surface area contributed by atoms with Gasteiger partial charge in [-0.3, -0.25) is 10.1 Å². The minimum atomic E-state index is -4.34. The third-order valence-corrected chi connectivity index (χ3v) is 4.72. The molecule has 1 N–H and O–H groups in total. The second kappa shape index (κ2) is 8.99. The van der Waals surface area contributed by atoms with Crippen LogP contribution in [-0.4, -0.2) is 17.5 Å². The summed E-state index contributed by atoms with van der Waals surface area (Å²) < 4.78 is 43.2. The van der Waals surface area contributed by atoms with Crippen LogP contribution < -0.4 is 5.32 Å². The fourth-order valence-corrected chi connectivity index (χ4v) is 3.31. The summed E-state index contributed by atoms with van der Waals surface area (Å²) in [5.74, 6) is -0.314. The molecule has 3 aromatic rings. The summed E-state index contributed by atoms with van der Waals surface area (Å²) in [5.41, 5.74) is 1.04. The second-order valence-corrected chi connectivity index (χ2v) is 7.14. The number of hydrogen-bond donors (Lipinski definition) is 1. The molecule has 3 rings (SSSR count). The highest BCUT2D eigenvalue weighted by atomic mass is 32.1. The van der Waals surface area contributed by atoms with Crippen LogP contribution in [0.2, 0.25) is 0 Å². The zero-order chi connectivity index (χ0) is 20.0. The Hall–Kier alpha value is -2.71. The lowest BCUT2D eigenvalue weighted by molar-refractivity contribution is -0.137. The molecule has 8 heteroatoms. The first kappa shape index (κ1) is 20.0. The number of nitrogens with one attached hydrogen (secondary N) is 1. The summed E-state index contributed by atoms with van der Waals surface area (Å²) in [7, 11) is 0. The van der Waals surface area contributed by atoms with Crippen LogP contribution in [-0.2, 0) is 28.7 Å². The van der Waals surface area contributed by atoms with E-state index < -0.39 is 11.7 Å². The van der Waals surface area contributed by atoms with Crippen LogP contribution >= 0.6 is 11.3 Å². The first-order chi connectivity index (χ1) is 13.4. The van der Waals surface area contributed by atoms with E-state index in [0.29, 0.717) is 18.2 Å². The van der Waals surface area contributed by atoms with Crippen molar-refractivity contribution in [2.24, 2.45) is 0 Å². The maximum Gasteiger partial charge on any atom is 0.416 e. The number of benzene rings is 2. The van der Waals surface area contributed by atoms with E-state index >= 15 is 0 Å². The summed E-state index contributed by atoms with van der Waals surface area (Å²) in [4.78, 5) is 16.9. The average Bonchev–Trinajstić information content (AvgIpc) is 3.09. The van der Waals surface area contributed by atoms with Gasteiger partial charge in [-0.1, -0.05) is 42.5 Å². The van der Waals surface area contributed by atoms with Gasteiger partial charge in [0.15, 0.2) is 5.13 Å². The Kier molecular flexibility index (Phi) is 6.43. The summed E-state index contributed by atoms with van der Waals surface area (Å²) in [6.07, 6.45) is -2.30. The van der Waals surface area contributed by atoms with E-state index in [9.17, 15) is 18.0 Å². The molecule has 0 aliphatic heterocycles. The monoisotopic (exact) mass is 406 g/mol. The van der Waals surface area contributed by atoms with Crippen molar-refractivity contribution < 1.29 is 22.7 Å². The molecule has 0 aliphatic rings. The average molecular weight is 406 g/mol. The highest BCUT2D eigenvalue weighted by Gasteiger charge is 2.29. The fraction of sp³-hybridized carbons (Fsp3) is 0.200. The van der Waals surface area contributed by atoms with E-state index in [1.165, 1.54) is 23.5 Å². The Morgan fingerprint density at radius 2 is 1.75 bits per heavy atom. The van der Waals surface area contributed by atoms with E-state index in [4.69, 9.17) is 4.74 Å². The van der Waals surface area contributed by atoms with Crippen molar-refractivity contribution in [2.45, 2.75) is 19.2 Å². The molecule has 0 bridgehead atoms. The molecule has 0 atom stereocenters. The predicted octanol–water partition coefficient (Wildman–Crippen LogP) is 4.91. The van der Waals surface area contributed by atoms with Crippen LogP contribution in [0, 0.1) is 0 Å². The molecule has 1 heterocycles. The van der Waals surface area contributed by atoms with Crippen molar-refractivity contribution in [3.63, 3.8) is 0 Å². The Labute approximate surface area is 164 Å². The molecule has 0 unspecified atom stereocenters. The van der Waals surface area contributed by atoms with Crippen molar-refractivity contribution in [1.82, 2.24) is 4.98 Å². The molecule has 1 amide bonds. The number of hydrogen-bond acceptors (Lipinski definition) is 4. The van der Waals surface area contributed by atoms with Crippen molar-refractivity contribution in [3.8, 4) is 0 Å². The lowest BCUT2D eigenvalue weighted by Gasteiger charge is -2.06. The zero-order valence-corrected chi connectivity index (χ0v) is 15.5. The van der Waals surface area contributed by atoms with E-state index in [1.807, 2.05) is 30.3 Å². The standard InChI is InChI=1S/C20H17F3N2O2S/c21-20(22,23)16-8-6-14(7-9-16)10-17-11-24-19(28-17)25-18(26)13-27-12-15-4-2-1-3-5-15/h1-9,11H,10,12-13H2,(H,24,25,26). The Bertz CT molecular complexity index is 909. The maximum absolute atomic E-state index is 12.6. The summed E-state index contributed by atoms with van der Waals surface area (Å²) >= 11 is 1.27. The number of rotatable bonds is 7. The third-order valence-electron chi connectivity index (χ3n) is 3.80. The first-order valence-corrected chi connectivity index (χ1v) is 9.24. The molecular weight excluding hydrogens is 389 g/mol. The smallest absolute Gasteiger partial charge is 0.367 e. The second-order valence-electron chi connectivity index (χ2n) is 6.03. The van der Waals surface area contributed by atoms with Gasteiger partial charge >= 0.3 is 6.18 Å². The SMILES string of the molecule is O=C(COCc1ccccc1)Nc1ncc(Cc2ccc(C(F)(F)F)cc2)s1. The van der Waals surface area contributed by atoms with Crippen molar-refractivity contribution in [1.29, 1.82) is 0 Å². The number of thiazole rings is 1. The van der Waals surface area contributed by atoms with Gasteiger partial charge in [-0.2, -0.15) is 13.2 Å². The van der Waals surface area contributed by atoms with Crippen molar-refractivity contribution in [2.75, 3.05) is 11.9 Å². The molecule has 0 saturated heterocycles. The van der Waals surface area contributed by atoms with Crippen LogP contribution in [0.25, 0.3) is 0 Å². The van der Waals surface area contributed by atoms with Gasteiger partial charge in [0, 0.05) is 17.5 Å². The number of alkyl halides is 3. The third kappa shape index (κ3) is 5.90. The molecule has 0 saturated carbocycles. The first-order valence-electron chi connectivity index (χ1n) is 8.42. The molecule has 4 nitrogen and oxygen atoms in total. The summed E-state index contributed by atoms with van der Waals surface area (Å²) in [6.45, 7) is 0.244. The predicted molar refractivity (Wildman–Crippen MR) is 101 cm³/mol. The van der Waals surface area contributed by atoms with Gasteiger partial charge < -0.3 is 4.74 Å². The summed E-state index contributed by atoms with van der Waals surface area (Å²) in [6, 6.07) is 14.5. The van der Waals surface area contributed by atoms with E-state index in [1.54, 1.807) is 6.20 Å². The van der Waals surface area contributed by atoms with Gasteiger partial charge in [-0.15, -0.1) is 11.3 Å². The molecular formula is C20H17F3N2O2S. The van der Waals surface area contributed by atoms with Gasteiger partial charge in [0.2, 0.25) is 0 Å². The number of nitrogens with zero attached hydrogens (tertiary/aromatic N) is 1. The maximum atomic E-state index is 12.6. The molecule has 146 valence electrons. The van der Waals surface area contributed by atoms with Crippen molar-refractivity contribution in [3.05, 3.63) is 82.4 Å². The van der Waals surface area contributed by atoms with Gasteiger partial charge in [-0.05, 0) is 23.3 Å². The topological polar surface area (TPSA) is 51.2 Å². The number of carbonyl (C=O) groups excluding carboxylic acids is 1. The zero-order valence-electron chi connectivity index (χ0n) is 14.7. The lowest BCUT2D eigenvalue weighted by atomic mass is 10.1. The molecule has 0 aliphatic carbocycles. The highest BCUT2D eigenvalue weighted by Crippen LogP contribution is 2.29. The summed E-state index contributed by atoms with van der Waals surface area (Å²) in [5, 5.41) is 3.08. The molecule has 2 aromatic carbocycles. The van der Waals surface area contributed by atoms with Gasteiger partial charge in [0.1, 0.15) is 6.61 Å². The van der Waals surface area contributed by atoms with Gasteiger partial charge in [0.25, 0.3) is 5.91 Å². The van der Waals surface area contributed by atoms with Gasteiger partial charge in [0.05, 0.1) is 12.2 Å². The molecule has 1 aromatic heterocycles. The van der Waals surface area contributed by atoms with Crippen LogP contribution in [0.1, 0.15) is 21.6 Å². The quantitative estimate of drug-likeness (QED) is 0.607. The van der Waals surface area contributed by atoms with Crippen molar-refractivity contribution >= 4 is 22.4 Å². The number of anilines is 1. The number of ether oxygens (including phenoxy) is 1. The van der Waals surface area contributed by atoms with Crippen LogP contribution in [0.3, 0.4) is 0 Å². The fourth-order valence-electron chi connectivity index (χ4n) is 2.45. The van der Waals surface area contributed by atoms with E-state index in [2.05, 4.69) is 10.3 Å². The molecule has 0 spiro atoms. The Morgan fingerprint density at radius 1 is 1.04 bits per heavy atom. The van der Waals surface area contributed by atoms with Gasteiger partial charge in [-0.25, -0.2) is 4.98 Å². The van der Waals surface area contributed by atoms with E-state index in [-0.39, 0.29) is 12.5 Å².